The van der Waals surface area contributed by atoms with Crippen LogP contribution in [0.25, 0.3) is 10.9 Å². The molecule has 0 radical (unpaired) electrons. The molecule has 0 aliphatic heterocycles. The van der Waals surface area contributed by atoms with Gasteiger partial charge in [-0.3, -0.25) is 9.78 Å². The summed E-state index contributed by atoms with van der Waals surface area (Å²) in [5, 5.41) is 3.58. The topological polar surface area (TPSA) is 77.5 Å². The monoisotopic (exact) mass is 378 g/mol. The predicted octanol–water partition coefficient (Wildman–Crippen LogP) is 4.37. The molecule has 6 nitrogen and oxygen atoms in total. The van der Waals surface area contributed by atoms with Crippen molar-refractivity contribution in [2.45, 2.75) is 26.9 Å². The van der Waals surface area contributed by atoms with E-state index in [1.807, 2.05) is 6.92 Å². The molecule has 0 spiro atoms. The first-order valence-corrected chi connectivity index (χ1v) is 8.95. The van der Waals surface area contributed by atoms with Crippen LogP contribution in [0.5, 0.6) is 5.75 Å². The van der Waals surface area contributed by atoms with Gasteiger partial charge in [-0.05, 0) is 63.2 Å². The number of amides is 1. The molecule has 0 aliphatic carbocycles. The minimum absolute atomic E-state index is 0.216. The van der Waals surface area contributed by atoms with Crippen molar-refractivity contribution >= 4 is 28.5 Å². The zero-order valence-corrected chi connectivity index (χ0v) is 16.3. The number of aromatic nitrogens is 1. The number of carbonyl (C=O) groups is 2. The highest BCUT2D eigenvalue weighted by molar-refractivity contribution is 6.09. The first kappa shape index (κ1) is 19.4. The highest BCUT2D eigenvalue weighted by Crippen LogP contribution is 2.26. The Morgan fingerprint density at radius 2 is 1.82 bits per heavy atom. The van der Waals surface area contributed by atoms with Gasteiger partial charge < -0.3 is 14.8 Å². The smallest absolute Gasteiger partial charge is 0.338 e. The van der Waals surface area contributed by atoms with E-state index in [9.17, 15) is 9.59 Å². The third-order valence-corrected chi connectivity index (χ3v) is 4.10. The van der Waals surface area contributed by atoms with E-state index in [1.165, 1.54) is 0 Å². The lowest BCUT2D eigenvalue weighted by Crippen LogP contribution is -2.13. The number of pyridine rings is 1. The molecule has 0 atom stereocenters. The molecule has 0 bridgehead atoms. The SMILES string of the molecule is COc1cccc(C(=O)Nc2cc(C)nc3ccc(C(=O)OC(C)C)cc23)c1. The lowest BCUT2D eigenvalue weighted by atomic mass is 10.1. The van der Waals surface area contributed by atoms with Gasteiger partial charge in [-0.25, -0.2) is 4.79 Å². The minimum Gasteiger partial charge on any atom is -0.497 e. The van der Waals surface area contributed by atoms with Crippen molar-refractivity contribution in [2.75, 3.05) is 12.4 Å². The van der Waals surface area contributed by atoms with Crippen LogP contribution in [-0.2, 0) is 4.74 Å². The van der Waals surface area contributed by atoms with Crippen molar-refractivity contribution in [3.8, 4) is 5.75 Å². The van der Waals surface area contributed by atoms with Gasteiger partial charge in [-0.15, -0.1) is 0 Å². The Hall–Kier alpha value is -3.41. The van der Waals surface area contributed by atoms with Crippen LogP contribution in [0.4, 0.5) is 5.69 Å². The summed E-state index contributed by atoms with van der Waals surface area (Å²) in [6, 6.07) is 13.8. The van der Waals surface area contributed by atoms with Crippen LogP contribution in [0.3, 0.4) is 0 Å². The fraction of sp³-hybridized carbons (Fsp3) is 0.227. The highest BCUT2D eigenvalue weighted by Gasteiger charge is 2.14. The number of nitrogens with one attached hydrogen (secondary N) is 1. The van der Waals surface area contributed by atoms with E-state index in [1.54, 1.807) is 69.5 Å². The average molecular weight is 378 g/mol. The van der Waals surface area contributed by atoms with E-state index in [-0.39, 0.29) is 12.0 Å². The van der Waals surface area contributed by atoms with Crippen LogP contribution in [0, 0.1) is 6.92 Å². The molecule has 1 heterocycles. The van der Waals surface area contributed by atoms with Gasteiger partial charge >= 0.3 is 5.97 Å². The Morgan fingerprint density at radius 1 is 1.04 bits per heavy atom. The number of fused-ring (bicyclic) bond motifs is 1. The molecule has 6 heteroatoms. The summed E-state index contributed by atoms with van der Waals surface area (Å²) in [4.78, 5) is 29.5. The third kappa shape index (κ3) is 4.28. The fourth-order valence-electron chi connectivity index (χ4n) is 2.83. The summed E-state index contributed by atoms with van der Waals surface area (Å²) >= 11 is 0. The normalized spacial score (nSPS) is 10.8. The van der Waals surface area contributed by atoms with Crippen molar-refractivity contribution in [3.63, 3.8) is 0 Å². The lowest BCUT2D eigenvalue weighted by Gasteiger charge is -2.12. The molecule has 1 amide bonds. The molecule has 0 fully saturated rings. The third-order valence-electron chi connectivity index (χ3n) is 4.10. The highest BCUT2D eigenvalue weighted by atomic mass is 16.5. The fourth-order valence-corrected chi connectivity index (χ4v) is 2.83. The molecule has 3 rings (SSSR count). The molecular formula is C22H22N2O4. The second kappa shape index (κ2) is 8.08. The molecule has 0 aliphatic rings. The Bertz CT molecular complexity index is 1040. The first-order valence-electron chi connectivity index (χ1n) is 8.95. The van der Waals surface area contributed by atoms with E-state index >= 15 is 0 Å². The lowest BCUT2D eigenvalue weighted by molar-refractivity contribution is 0.0378. The van der Waals surface area contributed by atoms with E-state index in [0.29, 0.717) is 33.5 Å². The number of hydrogen-bond acceptors (Lipinski definition) is 5. The summed E-state index contributed by atoms with van der Waals surface area (Å²) in [6.07, 6.45) is -0.216. The second-order valence-electron chi connectivity index (χ2n) is 6.68. The minimum atomic E-state index is -0.414. The number of ether oxygens (including phenoxy) is 2. The van der Waals surface area contributed by atoms with Crippen molar-refractivity contribution in [1.82, 2.24) is 4.98 Å². The number of anilines is 1. The maximum Gasteiger partial charge on any atom is 0.338 e. The number of nitrogens with zero attached hydrogens (tertiary/aromatic N) is 1. The standard InChI is InChI=1S/C22H22N2O4/c1-13(2)28-22(26)16-8-9-19-18(12-16)20(10-14(3)23-19)24-21(25)15-6-5-7-17(11-15)27-4/h5-13H,1-4H3,(H,23,24,25). The number of rotatable bonds is 5. The van der Waals surface area contributed by atoms with E-state index in [0.717, 1.165) is 5.69 Å². The second-order valence-corrected chi connectivity index (χ2v) is 6.68. The maximum atomic E-state index is 12.7. The Balaban J connectivity index is 1.99. The summed E-state index contributed by atoms with van der Waals surface area (Å²) < 4.78 is 10.4. The number of hydrogen-bond donors (Lipinski definition) is 1. The average Bonchev–Trinajstić information content (AvgIpc) is 2.67. The van der Waals surface area contributed by atoms with Crippen LogP contribution in [0.1, 0.15) is 40.3 Å². The maximum absolute atomic E-state index is 12.7. The summed E-state index contributed by atoms with van der Waals surface area (Å²) in [5.41, 5.74) is 2.89. The number of esters is 1. The zero-order chi connectivity index (χ0) is 20.3. The molecule has 1 N–H and O–H groups in total. The van der Waals surface area contributed by atoms with Gasteiger partial charge in [0.15, 0.2) is 0 Å². The van der Waals surface area contributed by atoms with E-state index in [2.05, 4.69) is 10.3 Å². The Kier molecular flexibility index (Phi) is 5.59. The molecule has 2 aromatic carbocycles. The first-order chi connectivity index (χ1) is 13.4. The van der Waals surface area contributed by atoms with Crippen molar-refractivity contribution in [1.29, 1.82) is 0 Å². The summed E-state index contributed by atoms with van der Waals surface area (Å²) in [7, 11) is 1.55. The molecule has 0 saturated heterocycles. The van der Waals surface area contributed by atoms with Crippen LogP contribution in [0.15, 0.2) is 48.5 Å². The van der Waals surface area contributed by atoms with Gasteiger partial charge in [0.25, 0.3) is 5.91 Å². The molecule has 0 saturated carbocycles. The van der Waals surface area contributed by atoms with E-state index < -0.39 is 5.97 Å². The van der Waals surface area contributed by atoms with Gasteiger partial charge in [0.05, 0.1) is 30.0 Å². The molecule has 1 aromatic heterocycles. The van der Waals surface area contributed by atoms with Crippen LogP contribution < -0.4 is 10.1 Å². The van der Waals surface area contributed by atoms with E-state index in [4.69, 9.17) is 9.47 Å². The molecule has 0 unspecified atom stereocenters. The molecular weight excluding hydrogens is 356 g/mol. The van der Waals surface area contributed by atoms with Crippen LogP contribution in [-0.4, -0.2) is 30.1 Å². The largest absolute Gasteiger partial charge is 0.497 e. The van der Waals surface area contributed by atoms with Gasteiger partial charge in [-0.2, -0.15) is 0 Å². The predicted molar refractivity (Wildman–Crippen MR) is 108 cm³/mol. The quantitative estimate of drug-likeness (QED) is 0.667. The van der Waals surface area contributed by atoms with Crippen molar-refractivity contribution in [3.05, 3.63) is 65.4 Å². The summed E-state index contributed by atoms with van der Waals surface area (Å²) in [5.74, 6) is -0.0920. The van der Waals surface area contributed by atoms with Gasteiger partial charge in [0.1, 0.15) is 5.75 Å². The van der Waals surface area contributed by atoms with Gasteiger partial charge in [0.2, 0.25) is 0 Å². The number of carbonyl (C=O) groups excluding carboxylic acids is 2. The molecule has 3 aromatic rings. The Morgan fingerprint density at radius 3 is 2.54 bits per heavy atom. The van der Waals surface area contributed by atoms with Gasteiger partial charge in [0, 0.05) is 16.6 Å². The number of benzene rings is 2. The van der Waals surface area contributed by atoms with Gasteiger partial charge in [-0.1, -0.05) is 6.07 Å². The molecule has 144 valence electrons. The molecule has 28 heavy (non-hydrogen) atoms. The number of aryl methyl sites for hydroxylation is 1. The van der Waals surface area contributed by atoms with Crippen LogP contribution >= 0.6 is 0 Å². The number of methoxy groups -OCH3 is 1. The van der Waals surface area contributed by atoms with Crippen LogP contribution in [0.2, 0.25) is 0 Å². The Labute approximate surface area is 163 Å². The van der Waals surface area contributed by atoms with Crippen molar-refractivity contribution < 1.29 is 19.1 Å². The zero-order valence-electron chi connectivity index (χ0n) is 16.3. The van der Waals surface area contributed by atoms with Crippen molar-refractivity contribution in [2.24, 2.45) is 0 Å². The summed E-state index contributed by atoms with van der Waals surface area (Å²) in [6.45, 7) is 5.44.